The lowest BCUT2D eigenvalue weighted by Crippen LogP contribution is -2.51. The lowest BCUT2D eigenvalue weighted by molar-refractivity contribution is -0.120. The minimum atomic E-state index is -3.62. The van der Waals surface area contributed by atoms with Crippen LogP contribution >= 0.6 is 0 Å². The Balaban J connectivity index is 1.65. The van der Waals surface area contributed by atoms with Crippen LogP contribution in [0.5, 0.6) is 11.5 Å². The van der Waals surface area contributed by atoms with Crippen molar-refractivity contribution in [3.8, 4) is 17.6 Å². The molecule has 0 radical (unpaired) electrons. The van der Waals surface area contributed by atoms with E-state index in [1.165, 1.54) is 30.7 Å². The zero-order valence-corrected chi connectivity index (χ0v) is 19.6. The molecule has 1 saturated heterocycles. The Kier molecular flexibility index (Phi) is 8.27. The average molecular weight is 473 g/mol. The molecule has 1 amide bonds. The molecule has 0 aromatic heterocycles. The minimum absolute atomic E-state index is 0.125. The van der Waals surface area contributed by atoms with Crippen molar-refractivity contribution in [3.63, 3.8) is 0 Å². The number of carbonyl (C=O) groups is 1. The van der Waals surface area contributed by atoms with E-state index in [9.17, 15) is 13.2 Å². The Bertz CT molecular complexity index is 1090. The van der Waals surface area contributed by atoms with E-state index in [1.807, 2.05) is 17.0 Å². The van der Waals surface area contributed by atoms with Crippen LogP contribution in [-0.4, -0.2) is 77.0 Å². The van der Waals surface area contributed by atoms with E-state index in [4.69, 9.17) is 14.7 Å². The summed E-state index contributed by atoms with van der Waals surface area (Å²) in [6, 6.07) is 15.6. The van der Waals surface area contributed by atoms with Crippen molar-refractivity contribution >= 4 is 21.6 Å². The van der Waals surface area contributed by atoms with Crippen molar-refractivity contribution in [2.24, 2.45) is 0 Å². The van der Waals surface area contributed by atoms with Gasteiger partial charge >= 0.3 is 0 Å². The number of methoxy groups -OCH3 is 2. The smallest absolute Gasteiger partial charge is 0.243 e. The average Bonchev–Trinajstić information content (AvgIpc) is 2.85. The highest BCUT2D eigenvalue weighted by Gasteiger charge is 2.30. The maximum Gasteiger partial charge on any atom is 0.243 e. The van der Waals surface area contributed by atoms with E-state index >= 15 is 0 Å². The Hall–Kier alpha value is -3.13. The van der Waals surface area contributed by atoms with E-state index < -0.39 is 10.0 Å². The highest BCUT2D eigenvalue weighted by Crippen LogP contribution is 2.28. The second-order valence-electron chi connectivity index (χ2n) is 7.48. The molecule has 0 unspecified atom stereocenters. The number of anilines is 1. The van der Waals surface area contributed by atoms with Crippen molar-refractivity contribution in [1.29, 1.82) is 5.26 Å². The number of amides is 1. The number of benzene rings is 2. The highest BCUT2D eigenvalue weighted by atomic mass is 32.2. The van der Waals surface area contributed by atoms with Gasteiger partial charge in [0, 0.05) is 32.7 Å². The third kappa shape index (κ3) is 5.82. The van der Waals surface area contributed by atoms with Gasteiger partial charge in [-0.1, -0.05) is 12.1 Å². The summed E-state index contributed by atoms with van der Waals surface area (Å²) in [7, 11) is -0.553. The largest absolute Gasteiger partial charge is 0.497 e. The number of nitrogens with zero attached hydrogens (tertiary/aromatic N) is 4. The fourth-order valence-electron chi connectivity index (χ4n) is 3.70. The van der Waals surface area contributed by atoms with Gasteiger partial charge in [-0.2, -0.15) is 9.57 Å². The van der Waals surface area contributed by atoms with Gasteiger partial charge in [0.25, 0.3) is 0 Å². The molecule has 1 aliphatic heterocycles. The summed E-state index contributed by atoms with van der Waals surface area (Å²) in [6.07, 6.45) is 0.192. The second kappa shape index (κ2) is 11.1. The molecule has 176 valence electrons. The summed E-state index contributed by atoms with van der Waals surface area (Å²) in [5, 5.41) is 9.02. The van der Waals surface area contributed by atoms with Gasteiger partial charge in [0.15, 0.2) is 0 Å². The number of para-hydroxylation sites is 2. The number of hydrogen-bond acceptors (Lipinski definition) is 7. The molecule has 3 rings (SSSR count). The van der Waals surface area contributed by atoms with Gasteiger partial charge in [-0.25, -0.2) is 8.42 Å². The standard InChI is InChI=1S/C23H28N4O5S/c1-31-19-8-10-20(11-9-19)33(29,30)26-16-14-25(15-17-26)18-23(28)27(13-5-12-24)21-6-3-4-7-22(21)32-2/h3-4,6-11H,5,13-18H2,1-2H3. The van der Waals surface area contributed by atoms with Crippen LogP contribution in [0.15, 0.2) is 53.4 Å². The molecule has 0 N–H and O–H groups in total. The van der Waals surface area contributed by atoms with Gasteiger partial charge in [0.2, 0.25) is 15.9 Å². The number of carbonyl (C=O) groups excluding carboxylic acids is 1. The van der Waals surface area contributed by atoms with Crippen molar-refractivity contribution < 1.29 is 22.7 Å². The van der Waals surface area contributed by atoms with Crippen LogP contribution in [-0.2, 0) is 14.8 Å². The SMILES string of the molecule is COc1ccc(S(=O)(=O)N2CCN(CC(=O)N(CCC#N)c3ccccc3OC)CC2)cc1. The summed E-state index contributed by atoms with van der Waals surface area (Å²) in [4.78, 5) is 16.8. The van der Waals surface area contributed by atoms with Crippen LogP contribution in [0.25, 0.3) is 0 Å². The fourth-order valence-corrected chi connectivity index (χ4v) is 5.12. The second-order valence-corrected chi connectivity index (χ2v) is 9.42. The molecule has 0 spiro atoms. The summed E-state index contributed by atoms with van der Waals surface area (Å²) < 4.78 is 37.8. The van der Waals surface area contributed by atoms with Gasteiger partial charge in [-0.15, -0.1) is 0 Å². The lowest BCUT2D eigenvalue weighted by Gasteiger charge is -2.34. The maximum atomic E-state index is 13.1. The number of sulfonamides is 1. The first kappa shape index (κ1) is 24.5. The molecule has 1 heterocycles. The van der Waals surface area contributed by atoms with Gasteiger partial charge in [-0.3, -0.25) is 9.69 Å². The first-order valence-electron chi connectivity index (χ1n) is 10.6. The maximum absolute atomic E-state index is 13.1. The number of rotatable bonds is 9. The van der Waals surface area contributed by atoms with Crippen molar-refractivity contribution in [2.45, 2.75) is 11.3 Å². The molecular formula is C23H28N4O5S. The van der Waals surface area contributed by atoms with E-state index in [-0.39, 0.29) is 43.4 Å². The molecule has 2 aromatic rings. The molecule has 2 aromatic carbocycles. The molecule has 1 fully saturated rings. The number of hydrogen-bond donors (Lipinski definition) is 0. The monoisotopic (exact) mass is 472 g/mol. The number of nitriles is 1. The molecule has 0 aliphatic carbocycles. The molecule has 0 bridgehead atoms. The van der Waals surface area contributed by atoms with E-state index in [1.54, 1.807) is 29.2 Å². The van der Waals surface area contributed by atoms with Crippen molar-refractivity contribution in [2.75, 3.05) is 58.4 Å². The Morgan fingerprint density at radius 3 is 2.30 bits per heavy atom. The third-order valence-electron chi connectivity index (χ3n) is 5.51. The van der Waals surface area contributed by atoms with E-state index in [0.717, 1.165) is 0 Å². The number of piperazine rings is 1. The van der Waals surface area contributed by atoms with Crippen LogP contribution in [0.1, 0.15) is 6.42 Å². The predicted molar refractivity (Wildman–Crippen MR) is 124 cm³/mol. The fraction of sp³-hybridized carbons (Fsp3) is 0.391. The predicted octanol–water partition coefficient (Wildman–Crippen LogP) is 1.96. The number of ether oxygens (including phenoxy) is 2. The van der Waals surface area contributed by atoms with Crippen LogP contribution < -0.4 is 14.4 Å². The molecule has 33 heavy (non-hydrogen) atoms. The Morgan fingerprint density at radius 1 is 1.03 bits per heavy atom. The van der Waals surface area contributed by atoms with E-state index in [2.05, 4.69) is 6.07 Å². The van der Waals surface area contributed by atoms with Gasteiger partial charge in [-0.05, 0) is 36.4 Å². The quantitative estimate of drug-likeness (QED) is 0.550. The van der Waals surface area contributed by atoms with Crippen LogP contribution in [0, 0.1) is 11.3 Å². The van der Waals surface area contributed by atoms with E-state index in [0.29, 0.717) is 30.3 Å². The van der Waals surface area contributed by atoms with Crippen LogP contribution in [0.4, 0.5) is 5.69 Å². The summed E-state index contributed by atoms with van der Waals surface area (Å²) in [5.74, 6) is 0.980. The molecule has 0 saturated carbocycles. The molecule has 10 heteroatoms. The van der Waals surface area contributed by atoms with Gasteiger partial charge in [0.1, 0.15) is 11.5 Å². The lowest BCUT2D eigenvalue weighted by atomic mass is 10.2. The van der Waals surface area contributed by atoms with Crippen LogP contribution in [0.2, 0.25) is 0 Å². The third-order valence-corrected chi connectivity index (χ3v) is 7.42. The summed E-state index contributed by atoms with van der Waals surface area (Å²) in [6.45, 7) is 1.81. The zero-order valence-electron chi connectivity index (χ0n) is 18.8. The summed E-state index contributed by atoms with van der Waals surface area (Å²) in [5.41, 5.74) is 0.612. The highest BCUT2D eigenvalue weighted by molar-refractivity contribution is 7.89. The zero-order chi connectivity index (χ0) is 23.8. The van der Waals surface area contributed by atoms with Crippen molar-refractivity contribution in [1.82, 2.24) is 9.21 Å². The van der Waals surface area contributed by atoms with Crippen molar-refractivity contribution in [3.05, 3.63) is 48.5 Å². The van der Waals surface area contributed by atoms with Gasteiger partial charge in [0.05, 0.1) is 43.8 Å². The Morgan fingerprint density at radius 2 is 1.70 bits per heavy atom. The summed E-state index contributed by atoms with van der Waals surface area (Å²) >= 11 is 0. The molecule has 1 aliphatic rings. The molecular weight excluding hydrogens is 444 g/mol. The first-order chi connectivity index (χ1) is 15.9. The van der Waals surface area contributed by atoms with Crippen LogP contribution in [0.3, 0.4) is 0 Å². The molecule has 0 atom stereocenters. The van der Waals surface area contributed by atoms with Gasteiger partial charge < -0.3 is 14.4 Å². The first-order valence-corrected chi connectivity index (χ1v) is 12.0. The minimum Gasteiger partial charge on any atom is -0.497 e. The topological polar surface area (TPSA) is 103 Å². The normalized spacial score (nSPS) is 14.9. The molecule has 9 nitrogen and oxygen atoms in total. The Labute approximate surface area is 194 Å².